The molecule has 1 saturated carbocycles. The van der Waals surface area contributed by atoms with Crippen LogP contribution in [0.1, 0.15) is 48.2 Å². The van der Waals surface area contributed by atoms with Crippen molar-refractivity contribution in [1.29, 1.82) is 0 Å². The summed E-state index contributed by atoms with van der Waals surface area (Å²) in [5, 5.41) is 8.92. The van der Waals surface area contributed by atoms with E-state index in [1.807, 2.05) is 12.3 Å². The molecule has 0 aliphatic heterocycles. The monoisotopic (exact) mass is 296 g/mol. The van der Waals surface area contributed by atoms with Crippen LogP contribution >= 0.6 is 0 Å². The van der Waals surface area contributed by atoms with Gasteiger partial charge in [-0.2, -0.15) is 0 Å². The maximum Gasteiger partial charge on any atom is 0.337 e. The molecule has 0 atom stereocenters. The number of aromatic nitrogens is 2. The molecule has 3 rings (SSSR count). The molecule has 0 bridgehead atoms. The van der Waals surface area contributed by atoms with Gasteiger partial charge in [-0.3, -0.25) is 9.97 Å². The average Bonchev–Trinajstić information content (AvgIpc) is 2.56. The first-order valence-electron chi connectivity index (χ1n) is 7.87. The highest BCUT2D eigenvalue weighted by Crippen LogP contribution is 2.27. The van der Waals surface area contributed by atoms with E-state index in [4.69, 9.17) is 5.11 Å². The molecule has 1 N–H and O–H groups in total. The van der Waals surface area contributed by atoms with Gasteiger partial charge in [-0.05, 0) is 36.6 Å². The molecule has 0 spiro atoms. The first-order valence-corrected chi connectivity index (χ1v) is 7.87. The van der Waals surface area contributed by atoms with Crippen LogP contribution in [0, 0.1) is 5.92 Å². The number of pyridine rings is 2. The zero-order valence-corrected chi connectivity index (χ0v) is 12.5. The molecule has 0 amide bonds. The fourth-order valence-electron chi connectivity index (χ4n) is 3.13. The van der Waals surface area contributed by atoms with E-state index in [-0.39, 0.29) is 5.56 Å². The van der Waals surface area contributed by atoms with Crippen LogP contribution in [-0.4, -0.2) is 21.0 Å². The smallest absolute Gasteiger partial charge is 0.337 e. The molecule has 22 heavy (non-hydrogen) atoms. The molecular weight excluding hydrogens is 276 g/mol. The van der Waals surface area contributed by atoms with E-state index >= 15 is 0 Å². The molecule has 0 radical (unpaired) electrons. The van der Waals surface area contributed by atoms with Gasteiger partial charge in [0, 0.05) is 23.7 Å². The largest absolute Gasteiger partial charge is 0.478 e. The summed E-state index contributed by atoms with van der Waals surface area (Å²) in [6, 6.07) is 7.35. The predicted molar refractivity (Wildman–Crippen MR) is 84.7 cm³/mol. The SMILES string of the molecule is O=C(O)c1ccc(-c2ccnc(CC3CCCCC3)c2)nc1. The predicted octanol–water partition coefficient (Wildman–Crippen LogP) is 3.96. The van der Waals surface area contributed by atoms with Gasteiger partial charge in [0.2, 0.25) is 0 Å². The van der Waals surface area contributed by atoms with Gasteiger partial charge in [-0.25, -0.2) is 4.79 Å². The Labute approximate surface area is 130 Å². The normalized spacial score (nSPS) is 15.6. The van der Waals surface area contributed by atoms with Crippen LogP contribution in [0.3, 0.4) is 0 Å². The van der Waals surface area contributed by atoms with Crippen LogP contribution in [0.5, 0.6) is 0 Å². The van der Waals surface area contributed by atoms with E-state index in [2.05, 4.69) is 16.0 Å². The van der Waals surface area contributed by atoms with E-state index in [9.17, 15) is 4.79 Å². The molecule has 1 fully saturated rings. The maximum atomic E-state index is 10.9. The lowest BCUT2D eigenvalue weighted by Crippen LogP contribution is -2.10. The molecule has 4 nitrogen and oxygen atoms in total. The van der Waals surface area contributed by atoms with Crippen molar-refractivity contribution in [2.24, 2.45) is 5.92 Å². The van der Waals surface area contributed by atoms with Crippen LogP contribution in [0.2, 0.25) is 0 Å². The Morgan fingerprint density at radius 1 is 1.14 bits per heavy atom. The highest BCUT2D eigenvalue weighted by molar-refractivity contribution is 5.87. The number of carbonyl (C=O) groups is 1. The van der Waals surface area contributed by atoms with Gasteiger partial charge in [0.05, 0.1) is 11.3 Å². The van der Waals surface area contributed by atoms with Gasteiger partial charge in [0.1, 0.15) is 0 Å². The zero-order valence-electron chi connectivity index (χ0n) is 12.5. The Hall–Kier alpha value is -2.23. The summed E-state index contributed by atoms with van der Waals surface area (Å²) in [5.41, 5.74) is 3.10. The molecule has 0 unspecified atom stereocenters. The fourth-order valence-corrected chi connectivity index (χ4v) is 3.13. The number of nitrogens with zero attached hydrogens (tertiary/aromatic N) is 2. The zero-order chi connectivity index (χ0) is 15.4. The summed E-state index contributed by atoms with van der Waals surface area (Å²) in [6.07, 6.45) is 10.9. The Bertz CT molecular complexity index is 646. The van der Waals surface area contributed by atoms with E-state index in [1.54, 1.807) is 12.1 Å². The number of carboxylic acids is 1. The number of aromatic carboxylic acids is 1. The molecule has 0 saturated heterocycles. The Morgan fingerprint density at radius 3 is 2.64 bits per heavy atom. The molecule has 2 aromatic heterocycles. The number of carboxylic acid groups (broad SMARTS) is 1. The van der Waals surface area contributed by atoms with Gasteiger partial charge >= 0.3 is 5.97 Å². The lowest BCUT2D eigenvalue weighted by Gasteiger charge is -2.21. The Kier molecular flexibility index (Phi) is 4.47. The standard InChI is InChI=1S/C18H20N2O2/c21-18(22)15-6-7-17(20-12-15)14-8-9-19-16(11-14)10-13-4-2-1-3-5-13/h6-9,11-13H,1-5,10H2,(H,21,22). The van der Waals surface area contributed by atoms with Crippen LogP contribution in [0.4, 0.5) is 0 Å². The summed E-state index contributed by atoms with van der Waals surface area (Å²) in [4.78, 5) is 19.6. The summed E-state index contributed by atoms with van der Waals surface area (Å²) < 4.78 is 0. The van der Waals surface area contributed by atoms with Gasteiger partial charge in [-0.1, -0.05) is 32.1 Å². The van der Waals surface area contributed by atoms with Crippen molar-refractivity contribution in [3.8, 4) is 11.3 Å². The van der Waals surface area contributed by atoms with E-state index in [0.29, 0.717) is 0 Å². The van der Waals surface area contributed by atoms with Crippen molar-refractivity contribution in [3.63, 3.8) is 0 Å². The molecule has 114 valence electrons. The minimum atomic E-state index is -0.952. The van der Waals surface area contributed by atoms with E-state index in [0.717, 1.165) is 29.3 Å². The summed E-state index contributed by atoms with van der Waals surface area (Å²) in [6.45, 7) is 0. The van der Waals surface area contributed by atoms with Crippen LogP contribution in [-0.2, 0) is 6.42 Å². The van der Waals surface area contributed by atoms with Gasteiger partial charge in [0.25, 0.3) is 0 Å². The van der Waals surface area contributed by atoms with Crippen molar-refractivity contribution < 1.29 is 9.90 Å². The fraction of sp³-hybridized carbons (Fsp3) is 0.389. The number of hydrogen-bond donors (Lipinski definition) is 1. The van der Waals surface area contributed by atoms with Gasteiger partial charge < -0.3 is 5.11 Å². The third-order valence-corrected chi connectivity index (χ3v) is 4.35. The third kappa shape index (κ3) is 3.50. The van der Waals surface area contributed by atoms with Crippen molar-refractivity contribution in [3.05, 3.63) is 47.9 Å². The Morgan fingerprint density at radius 2 is 1.95 bits per heavy atom. The summed E-state index contributed by atoms with van der Waals surface area (Å²) in [5.74, 6) is -0.203. The molecule has 2 heterocycles. The Balaban J connectivity index is 1.76. The first-order chi connectivity index (χ1) is 10.7. The molecule has 1 aliphatic rings. The van der Waals surface area contributed by atoms with Crippen molar-refractivity contribution >= 4 is 5.97 Å². The highest BCUT2D eigenvalue weighted by atomic mass is 16.4. The van der Waals surface area contributed by atoms with Crippen LogP contribution < -0.4 is 0 Å². The van der Waals surface area contributed by atoms with E-state index < -0.39 is 5.97 Å². The number of hydrogen-bond acceptors (Lipinski definition) is 3. The van der Waals surface area contributed by atoms with Crippen molar-refractivity contribution in [2.45, 2.75) is 38.5 Å². The number of rotatable bonds is 4. The second-order valence-corrected chi connectivity index (χ2v) is 5.98. The second kappa shape index (κ2) is 6.69. The van der Waals surface area contributed by atoms with Gasteiger partial charge in [0.15, 0.2) is 0 Å². The van der Waals surface area contributed by atoms with Crippen LogP contribution in [0.25, 0.3) is 11.3 Å². The molecular formula is C18H20N2O2. The van der Waals surface area contributed by atoms with Crippen LogP contribution in [0.15, 0.2) is 36.7 Å². The van der Waals surface area contributed by atoms with E-state index in [1.165, 1.54) is 38.3 Å². The first kappa shape index (κ1) is 14.7. The maximum absolute atomic E-state index is 10.9. The molecule has 4 heteroatoms. The lowest BCUT2D eigenvalue weighted by molar-refractivity contribution is 0.0696. The molecule has 2 aromatic rings. The quantitative estimate of drug-likeness (QED) is 0.927. The topological polar surface area (TPSA) is 63.1 Å². The van der Waals surface area contributed by atoms with Crippen molar-refractivity contribution in [2.75, 3.05) is 0 Å². The minimum Gasteiger partial charge on any atom is -0.478 e. The van der Waals surface area contributed by atoms with Gasteiger partial charge in [-0.15, -0.1) is 0 Å². The van der Waals surface area contributed by atoms with Crippen molar-refractivity contribution in [1.82, 2.24) is 9.97 Å². The highest BCUT2D eigenvalue weighted by Gasteiger charge is 2.15. The average molecular weight is 296 g/mol. The minimum absolute atomic E-state index is 0.209. The lowest BCUT2D eigenvalue weighted by atomic mass is 9.86. The second-order valence-electron chi connectivity index (χ2n) is 5.98. The third-order valence-electron chi connectivity index (χ3n) is 4.35. The summed E-state index contributed by atoms with van der Waals surface area (Å²) in [7, 11) is 0. The molecule has 0 aromatic carbocycles. The molecule has 1 aliphatic carbocycles. The summed E-state index contributed by atoms with van der Waals surface area (Å²) >= 11 is 0.